The maximum Gasteiger partial charge on any atom is 0.239 e. The fourth-order valence-electron chi connectivity index (χ4n) is 6.25. The molecular weight excluding hydrogens is 522 g/mol. The van der Waals surface area contributed by atoms with E-state index in [1.807, 2.05) is 23.0 Å². The van der Waals surface area contributed by atoms with Gasteiger partial charge in [0.1, 0.15) is 5.82 Å². The second-order valence-electron chi connectivity index (χ2n) is 11.6. The average Bonchev–Trinajstić information content (AvgIpc) is 3.54. The van der Waals surface area contributed by atoms with Crippen molar-refractivity contribution in [2.75, 3.05) is 13.1 Å². The number of hydrogen-bond acceptors (Lipinski definition) is 3. The van der Waals surface area contributed by atoms with E-state index in [9.17, 15) is 9.18 Å². The summed E-state index contributed by atoms with van der Waals surface area (Å²) in [7, 11) is 0. The molecular formula is C27H38Cl3FN4O. The zero-order chi connectivity index (χ0) is 24.1. The highest BCUT2D eigenvalue weighted by atomic mass is 35.5. The Morgan fingerprint density at radius 3 is 2.50 bits per heavy atom. The van der Waals surface area contributed by atoms with Crippen molar-refractivity contribution in [2.24, 2.45) is 5.41 Å². The van der Waals surface area contributed by atoms with Gasteiger partial charge in [-0.25, -0.2) is 4.39 Å². The molecule has 2 aromatic rings. The van der Waals surface area contributed by atoms with Crippen LogP contribution in [0, 0.1) is 11.2 Å². The van der Waals surface area contributed by atoms with E-state index < -0.39 is 5.82 Å². The number of carbonyl (C=O) groups excluding carboxylic acids is 1. The molecule has 9 heteroatoms. The lowest BCUT2D eigenvalue weighted by atomic mass is 9.73. The molecule has 5 rings (SSSR count). The van der Waals surface area contributed by atoms with Crippen LogP contribution in [0.4, 0.5) is 4.39 Å². The Morgan fingerprint density at radius 1 is 1.14 bits per heavy atom. The molecule has 3 fully saturated rings. The molecule has 1 saturated carbocycles. The molecule has 1 N–H and O–H groups in total. The number of rotatable bonds is 3. The normalized spacial score (nSPS) is 25.5. The molecule has 3 heterocycles. The van der Waals surface area contributed by atoms with Crippen molar-refractivity contribution >= 4 is 42.3 Å². The number of carbonyl (C=O) groups is 1. The second kappa shape index (κ2) is 11.2. The monoisotopic (exact) mass is 558 g/mol. The minimum Gasteiger partial charge on any atom is -0.341 e. The third-order valence-corrected chi connectivity index (χ3v) is 8.52. The van der Waals surface area contributed by atoms with Gasteiger partial charge in [-0.3, -0.25) is 14.8 Å². The van der Waals surface area contributed by atoms with Crippen LogP contribution in [0.1, 0.15) is 88.9 Å². The molecule has 36 heavy (non-hydrogen) atoms. The van der Waals surface area contributed by atoms with Crippen molar-refractivity contribution in [3.8, 4) is 0 Å². The topological polar surface area (TPSA) is 50.2 Å². The molecule has 0 bridgehead atoms. The van der Waals surface area contributed by atoms with Crippen LogP contribution < -0.4 is 5.32 Å². The smallest absolute Gasteiger partial charge is 0.239 e. The van der Waals surface area contributed by atoms with Gasteiger partial charge < -0.3 is 4.90 Å². The number of amides is 1. The zero-order valence-corrected chi connectivity index (χ0v) is 23.7. The Morgan fingerprint density at radius 2 is 1.86 bits per heavy atom. The first-order chi connectivity index (χ1) is 16.2. The molecule has 1 aliphatic carbocycles. The number of benzene rings is 1. The summed E-state index contributed by atoms with van der Waals surface area (Å²) < 4.78 is 16.3. The van der Waals surface area contributed by atoms with E-state index in [2.05, 4.69) is 31.0 Å². The maximum atomic E-state index is 14.4. The lowest BCUT2D eigenvalue weighted by molar-refractivity contribution is -0.132. The fourth-order valence-corrected chi connectivity index (χ4v) is 6.37. The van der Waals surface area contributed by atoms with Gasteiger partial charge in [-0.05, 0) is 75.6 Å². The van der Waals surface area contributed by atoms with Gasteiger partial charge in [0.2, 0.25) is 5.91 Å². The highest BCUT2D eigenvalue weighted by Crippen LogP contribution is 2.45. The van der Waals surface area contributed by atoms with E-state index in [1.54, 1.807) is 6.07 Å². The maximum absolute atomic E-state index is 14.4. The van der Waals surface area contributed by atoms with Crippen LogP contribution in [0.5, 0.6) is 0 Å². The van der Waals surface area contributed by atoms with Crippen LogP contribution >= 0.6 is 36.4 Å². The SMILES string of the molecule is CC(C)(C)n1ccc(C2C[C@H](C(=O)N3CCC4(CCCCC4)C3)N[C@@H]2c2ccc(Cl)c(F)c2)n1.Cl.Cl. The van der Waals surface area contributed by atoms with Crippen molar-refractivity contribution in [1.29, 1.82) is 0 Å². The summed E-state index contributed by atoms with van der Waals surface area (Å²) >= 11 is 5.96. The average molecular weight is 560 g/mol. The lowest BCUT2D eigenvalue weighted by Gasteiger charge is -2.33. The summed E-state index contributed by atoms with van der Waals surface area (Å²) in [5.74, 6) is -0.280. The van der Waals surface area contributed by atoms with Crippen LogP contribution in [0.2, 0.25) is 5.02 Å². The van der Waals surface area contributed by atoms with Gasteiger partial charge in [0.05, 0.1) is 22.3 Å². The van der Waals surface area contributed by atoms with Crippen LogP contribution in [-0.4, -0.2) is 39.7 Å². The molecule has 2 aliphatic heterocycles. The summed E-state index contributed by atoms with van der Waals surface area (Å²) in [6, 6.07) is 6.49. The first-order valence-electron chi connectivity index (χ1n) is 12.7. The molecule has 200 valence electrons. The summed E-state index contributed by atoms with van der Waals surface area (Å²) in [6.45, 7) is 8.07. The van der Waals surface area contributed by atoms with Crippen molar-refractivity contribution in [2.45, 2.75) is 89.3 Å². The number of likely N-dealkylation sites (tertiary alicyclic amines) is 1. The third-order valence-electron chi connectivity index (χ3n) is 8.21. The van der Waals surface area contributed by atoms with E-state index in [0.29, 0.717) is 11.8 Å². The molecule has 1 unspecified atom stereocenters. The largest absolute Gasteiger partial charge is 0.341 e. The molecule has 5 nitrogen and oxygen atoms in total. The highest BCUT2D eigenvalue weighted by molar-refractivity contribution is 6.30. The predicted molar refractivity (Wildman–Crippen MR) is 147 cm³/mol. The Hall–Kier alpha value is -1.34. The minimum atomic E-state index is -0.437. The summed E-state index contributed by atoms with van der Waals surface area (Å²) in [6.07, 6.45) is 10.1. The summed E-state index contributed by atoms with van der Waals surface area (Å²) in [5, 5.41) is 8.55. The van der Waals surface area contributed by atoms with E-state index in [1.165, 1.54) is 38.2 Å². The molecule has 1 aromatic carbocycles. The van der Waals surface area contributed by atoms with Crippen molar-refractivity contribution in [1.82, 2.24) is 20.0 Å². The minimum absolute atomic E-state index is 0. The van der Waals surface area contributed by atoms with E-state index in [0.717, 1.165) is 30.8 Å². The van der Waals surface area contributed by atoms with Gasteiger partial charge in [-0.2, -0.15) is 5.10 Å². The molecule has 2 saturated heterocycles. The molecule has 1 aromatic heterocycles. The Kier molecular flexibility index (Phi) is 9.08. The van der Waals surface area contributed by atoms with Crippen molar-refractivity contribution < 1.29 is 9.18 Å². The number of halogens is 4. The third kappa shape index (κ3) is 5.72. The fraction of sp³-hybridized carbons (Fsp3) is 0.630. The Labute approximate surface area is 231 Å². The van der Waals surface area contributed by atoms with Gasteiger partial charge in [-0.1, -0.05) is 36.9 Å². The summed E-state index contributed by atoms with van der Waals surface area (Å²) in [5.41, 5.74) is 1.93. The lowest BCUT2D eigenvalue weighted by Crippen LogP contribution is -2.44. The molecule has 3 atom stereocenters. The standard InChI is InChI=1S/C27H36ClFN4O.2ClH/c1-26(2,3)33-13-9-22(31-33)19-16-23(30-24(19)18-7-8-20(28)21(29)15-18)25(34)32-14-12-27(17-32)10-5-4-6-11-27;;/h7-9,13,15,19,23-24,30H,4-6,10-12,14,16-17H2,1-3H3;2*1H/t19?,23-,24-;;/m1../s1. The van der Waals surface area contributed by atoms with Crippen LogP contribution in [0.3, 0.4) is 0 Å². The van der Waals surface area contributed by atoms with Gasteiger partial charge in [0.15, 0.2) is 0 Å². The Balaban J connectivity index is 0.00000180. The van der Waals surface area contributed by atoms with Gasteiger partial charge in [0, 0.05) is 31.2 Å². The van der Waals surface area contributed by atoms with Gasteiger partial charge in [-0.15, -0.1) is 24.8 Å². The first-order valence-corrected chi connectivity index (χ1v) is 13.1. The number of nitrogens with one attached hydrogen (secondary N) is 1. The number of aromatic nitrogens is 2. The molecule has 0 radical (unpaired) electrons. The summed E-state index contributed by atoms with van der Waals surface area (Å²) in [4.78, 5) is 15.7. The molecule has 3 aliphatic rings. The number of hydrogen-bond donors (Lipinski definition) is 1. The van der Waals surface area contributed by atoms with Crippen LogP contribution in [0.15, 0.2) is 30.5 Å². The van der Waals surface area contributed by atoms with Crippen LogP contribution in [0.25, 0.3) is 0 Å². The van der Waals surface area contributed by atoms with Crippen molar-refractivity contribution in [3.05, 3.63) is 52.6 Å². The number of nitrogens with zero attached hydrogens (tertiary/aromatic N) is 3. The first kappa shape index (κ1) is 29.2. The molecule has 1 spiro atoms. The quantitative estimate of drug-likeness (QED) is 0.458. The van der Waals surface area contributed by atoms with Crippen molar-refractivity contribution in [3.63, 3.8) is 0 Å². The predicted octanol–water partition coefficient (Wildman–Crippen LogP) is 6.64. The van der Waals surface area contributed by atoms with E-state index in [-0.39, 0.29) is 59.3 Å². The molecule has 1 amide bonds. The van der Waals surface area contributed by atoms with E-state index in [4.69, 9.17) is 16.7 Å². The highest BCUT2D eigenvalue weighted by Gasteiger charge is 2.46. The Bertz CT molecular complexity index is 1060. The van der Waals surface area contributed by atoms with Crippen LogP contribution in [-0.2, 0) is 10.3 Å². The zero-order valence-electron chi connectivity index (χ0n) is 21.3. The van der Waals surface area contributed by atoms with Gasteiger partial charge >= 0.3 is 0 Å². The second-order valence-corrected chi connectivity index (χ2v) is 12.0. The van der Waals surface area contributed by atoms with E-state index >= 15 is 0 Å². The van der Waals surface area contributed by atoms with Gasteiger partial charge in [0.25, 0.3) is 0 Å².